The molecule has 1 aromatic heterocycles. The zero-order valence-electron chi connectivity index (χ0n) is 26.0. The summed E-state index contributed by atoms with van der Waals surface area (Å²) in [6.45, 7) is 10.1. The average Bonchev–Trinajstić information content (AvgIpc) is 3.65. The third kappa shape index (κ3) is 9.25. The van der Waals surface area contributed by atoms with E-state index in [4.69, 9.17) is 5.11 Å². The summed E-state index contributed by atoms with van der Waals surface area (Å²) in [6, 6.07) is 18.4. The van der Waals surface area contributed by atoms with E-state index in [1.165, 1.54) is 46.7 Å². The SMILES string of the molecule is Cc1ccc2c(c1)CCC2.Cc1cccc(C)c1.Cn1nc(N2CCC(C(=O)N3CCN(CC(=O)O)CC3)C2)ccc1=O. The van der Waals surface area contributed by atoms with Gasteiger partial charge in [0.15, 0.2) is 0 Å². The number of amides is 1. The van der Waals surface area contributed by atoms with Gasteiger partial charge in [-0.25, -0.2) is 4.68 Å². The highest BCUT2D eigenvalue weighted by Gasteiger charge is 2.33. The van der Waals surface area contributed by atoms with E-state index < -0.39 is 5.97 Å². The first-order valence-electron chi connectivity index (χ1n) is 15.2. The van der Waals surface area contributed by atoms with Crippen LogP contribution in [-0.4, -0.2) is 82.4 Å². The van der Waals surface area contributed by atoms with Crippen molar-refractivity contribution in [2.45, 2.75) is 46.5 Å². The minimum absolute atomic E-state index is 0.0254. The molecule has 9 nitrogen and oxygen atoms in total. The minimum Gasteiger partial charge on any atom is -0.480 e. The minimum atomic E-state index is -0.837. The number of nitrogens with zero attached hydrogens (tertiary/aromatic N) is 5. The lowest BCUT2D eigenvalue weighted by Gasteiger charge is -2.35. The summed E-state index contributed by atoms with van der Waals surface area (Å²) < 4.78 is 1.30. The Morgan fingerprint density at radius 1 is 0.860 bits per heavy atom. The number of carboxylic acids is 1. The number of aryl methyl sites for hydroxylation is 6. The molecule has 6 rings (SSSR count). The normalized spacial score (nSPS) is 17.8. The lowest BCUT2D eigenvalue weighted by molar-refractivity contribution is -0.140. The largest absolute Gasteiger partial charge is 0.480 e. The van der Waals surface area contributed by atoms with Crippen molar-refractivity contribution >= 4 is 17.7 Å². The number of hydrogen-bond donors (Lipinski definition) is 1. The first-order chi connectivity index (χ1) is 20.6. The number of hydrogen-bond acceptors (Lipinski definition) is 6. The maximum Gasteiger partial charge on any atom is 0.317 e. The van der Waals surface area contributed by atoms with Crippen LogP contribution in [0.25, 0.3) is 0 Å². The van der Waals surface area contributed by atoms with E-state index in [2.05, 4.69) is 68.3 Å². The number of anilines is 1. The monoisotopic (exact) mass is 587 g/mol. The number of benzene rings is 2. The van der Waals surface area contributed by atoms with Crippen LogP contribution in [0.3, 0.4) is 0 Å². The van der Waals surface area contributed by atoms with Gasteiger partial charge in [0.05, 0.1) is 12.5 Å². The molecule has 230 valence electrons. The second kappa shape index (κ2) is 15.0. The van der Waals surface area contributed by atoms with Crippen molar-refractivity contribution in [3.05, 3.63) is 92.8 Å². The van der Waals surface area contributed by atoms with Gasteiger partial charge < -0.3 is 14.9 Å². The Kier molecular flexibility index (Phi) is 11.1. The van der Waals surface area contributed by atoms with Crippen LogP contribution in [0.2, 0.25) is 0 Å². The maximum absolute atomic E-state index is 12.7. The van der Waals surface area contributed by atoms with E-state index in [1.807, 2.05) is 14.7 Å². The molecule has 9 heteroatoms. The van der Waals surface area contributed by atoms with Gasteiger partial charge in [-0.15, -0.1) is 0 Å². The third-order valence-corrected chi connectivity index (χ3v) is 8.28. The number of carbonyl (C=O) groups excluding carboxylic acids is 1. The van der Waals surface area contributed by atoms with Crippen LogP contribution in [-0.2, 0) is 29.5 Å². The van der Waals surface area contributed by atoms with Crippen molar-refractivity contribution in [2.24, 2.45) is 13.0 Å². The molecule has 1 atom stereocenters. The summed E-state index contributed by atoms with van der Waals surface area (Å²) in [5, 5.41) is 13.1. The zero-order valence-corrected chi connectivity index (χ0v) is 26.0. The van der Waals surface area contributed by atoms with Gasteiger partial charge >= 0.3 is 5.97 Å². The standard InChI is InChI=1S/C16H23N5O4.C10H12.C8H10/c1-18-14(22)3-2-13(17-18)21-5-4-12(10-21)16(25)20-8-6-19(7-9-20)11-15(23)24;1-8-5-6-9-3-2-4-10(9)7-8;1-7-4-3-5-8(2)6-7/h2-3,12H,4-11H2,1H3,(H,23,24);5-7H,2-4H2,1H3;3-6H,1-2H3. The van der Waals surface area contributed by atoms with Crippen LogP contribution >= 0.6 is 0 Å². The predicted molar refractivity (Wildman–Crippen MR) is 170 cm³/mol. The van der Waals surface area contributed by atoms with Crippen LogP contribution in [0.5, 0.6) is 0 Å². The molecule has 1 aliphatic carbocycles. The van der Waals surface area contributed by atoms with Crippen LogP contribution < -0.4 is 10.5 Å². The summed E-state index contributed by atoms with van der Waals surface area (Å²) in [4.78, 5) is 40.6. The van der Waals surface area contributed by atoms with Crippen molar-refractivity contribution < 1.29 is 14.7 Å². The molecule has 2 fully saturated rings. The van der Waals surface area contributed by atoms with E-state index in [0.29, 0.717) is 38.5 Å². The molecule has 2 aliphatic heterocycles. The molecule has 0 spiro atoms. The first-order valence-corrected chi connectivity index (χ1v) is 15.2. The lowest BCUT2D eigenvalue weighted by atomic mass is 10.1. The van der Waals surface area contributed by atoms with Gasteiger partial charge in [-0.3, -0.25) is 19.3 Å². The zero-order chi connectivity index (χ0) is 30.9. The molecule has 1 unspecified atom stereocenters. The Bertz CT molecular complexity index is 1440. The van der Waals surface area contributed by atoms with Crippen molar-refractivity contribution in [3.8, 4) is 0 Å². The van der Waals surface area contributed by atoms with Gasteiger partial charge in [0, 0.05) is 52.4 Å². The summed E-state index contributed by atoms with van der Waals surface area (Å²) >= 11 is 0. The van der Waals surface area contributed by atoms with Crippen molar-refractivity contribution in [3.63, 3.8) is 0 Å². The molecule has 1 amide bonds. The van der Waals surface area contributed by atoms with Gasteiger partial charge in [-0.2, -0.15) is 5.10 Å². The van der Waals surface area contributed by atoms with Gasteiger partial charge in [-0.05, 0) is 63.6 Å². The van der Waals surface area contributed by atoms with Crippen LogP contribution in [0.15, 0.2) is 59.4 Å². The van der Waals surface area contributed by atoms with E-state index in [9.17, 15) is 14.4 Å². The predicted octanol–water partition coefficient (Wildman–Crippen LogP) is 3.62. The fourth-order valence-corrected chi connectivity index (χ4v) is 5.91. The number of rotatable bonds is 4. The number of aromatic nitrogens is 2. The smallest absolute Gasteiger partial charge is 0.317 e. The fraction of sp³-hybridized carbons (Fsp3) is 0.471. The van der Waals surface area contributed by atoms with Gasteiger partial charge in [0.2, 0.25) is 5.91 Å². The topological polar surface area (TPSA) is 99.0 Å². The third-order valence-electron chi connectivity index (χ3n) is 8.28. The molecular weight excluding hydrogens is 542 g/mol. The van der Waals surface area contributed by atoms with E-state index >= 15 is 0 Å². The molecule has 1 N–H and O–H groups in total. The summed E-state index contributed by atoms with van der Waals surface area (Å²) in [5.74, 6) is -0.0768. The summed E-state index contributed by atoms with van der Waals surface area (Å²) in [7, 11) is 1.61. The van der Waals surface area contributed by atoms with E-state index in [-0.39, 0.29) is 23.9 Å². The molecule has 0 bridgehead atoms. The Labute approximate surface area is 254 Å². The van der Waals surface area contributed by atoms with Crippen molar-refractivity contribution in [2.75, 3.05) is 50.7 Å². The fourth-order valence-electron chi connectivity index (χ4n) is 5.91. The number of fused-ring (bicyclic) bond motifs is 1. The first kappa shape index (κ1) is 31.9. The highest BCUT2D eigenvalue weighted by Crippen LogP contribution is 2.24. The molecule has 3 heterocycles. The maximum atomic E-state index is 12.7. The quantitative estimate of drug-likeness (QED) is 0.498. The van der Waals surface area contributed by atoms with Crippen LogP contribution in [0, 0.1) is 26.7 Å². The average molecular weight is 588 g/mol. The Morgan fingerprint density at radius 3 is 2.16 bits per heavy atom. The van der Waals surface area contributed by atoms with Gasteiger partial charge in [0.25, 0.3) is 5.56 Å². The highest BCUT2D eigenvalue weighted by molar-refractivity contribution is 5.80. The van der Waals surface area contributed by atoms with Crippen molar-refractivity contribution in [1.82, 2.24) is 19.6 Å². The van der Waals surface area contributed by atoms with Crippen molar-refractivity contribution in [1.29, 1.82) is 0 Å². The highest BCUT2D eigenvalue weighted by atomic mass is 16.4. The molecule has 3 aromatic rings. The molecule has 0 saturated carbocycles. The van der Waals surface area contributed by atoms with Gasteiger partial charge in [-0.1, -0.05) is 59.2 Å². The second-order valence-corrected chi connectivity index (χ2v) is 11.9. The van der Waals surface area contributed by atoms with Gasteiger partial charge in [0.1, 0.15) is 5.82 Å². The number of aliphatic carboxylic acids is 1. The molecule has 2 saturated heterocycles. The number of carbonyl (C=O) groups is 2. The Hall–Kier alpha value is -3.98. The summed E-state index contributed by atoms with van der Waals surface area (Å²) in [5.41, 5.74) is 7.08. The molecule has 0 radical (unpaired) electrons. The van der Waals surface area contributed by atoms with Crippen LogP contribution in [0.1, 0.15) is 40.7 Å². The molecule has 43 heavy (non-hydrogen) atoms. The van der Waals surface area contributed by atoms with E-state index in [1.54, 1.807) is 24.2 Å². The summed E-state index contributed by atoms with van der Waals surface area (Å²) in [6.07, 6.45) is 4.73. The molecule has 3 aliphatic rings. The van der Waals surface area contributed by atoms with Crippen LogP contribution in [0.4, 0.5) is 5.82 Å². The second-order valence-electron chi connectivity index (χ2n) is 11.9. The number of carboxylic acid groups (broad SMARTS) is 1. The molecular formula is C34H45N5O4. The Morgan fingerprint density at radius 2 is 1.53 bits per heavy atom. The lowest BCUT2D eigenvalue weighted by Crippen LogP contribution is -2.51. The van der Waals surface area contributed by atoms with E-state index in [0.717, 1.165) is 13.0 Å². The Balaban J connectivity index is 0.000000190. The molecule has 2 aromatic carbocycles. The number of piperazine rings is 1.